The fourth-order valence-corrected chi connectivity index (χ4v) is 0.729. The maximum absolute atomic E-state index is 5.24. The number of rotatable bonds is 2. The second-order valence-electron chi connectivity index (χ2n) is 1.81. The van der Waals surface area contributed by atoms with Crippen LogP contribution in [0.25, 0.3) is 0 Å². The summed E-state index contributed by atoms with van der Waals surface area (Å²) in [4.78, 5) is 0. The van der Waals surface area contributed by atoms with Gasteiger partial charge in [-0.15, -0.1) is 5.73 Å². The van der Waals surface area contributed by atoms with Gasteiger partial charge in [0.1, 0.15) is 5.76 Å². The molecular weight excluding hydrogens is 112 g/mol. The minimum absolute atomic E-state index is 0.757. The third-order valence-electron chi connectivity index (χ3n) is 1.12. The summed E-state index contributed by atoms with van der Waals surface area (Å²) in [5.41, 5.74) is 2.97. The van der Waals surface area contributed by atoms with Gasteiger partial charge in [0.25, 0.3) is 0 Å². The van der Waals surface area contributed by atoms with Crippen molar-refractivity contribution in [1.29, 1.82) is 0 Å². The standard InChI is InChI=1S/C8H10O/c1-2-9-8-6-4-3-5-7-8/h4-6H,2,7H2,1H3. The lowest BCUT2D eigenvalue weighted by Crippen LogP contribution is -1.90. The van der Waals surface area contributed by atoms with E-state index in [-0.39, 0.29) is 0 Å². The van der Waals surface area contributed by atoms with Crippen molar-refractivity contribution in [2.75, 3.05) is 6.61 Å². The second kappa shape index (κ2) is 3.16. The van der Waals surface area contributed by atoms with E-state index in [4.69, 9.17) is 4.74 Å². The summed E-state index contributed by atoms with van der Waals surface area (Å²) in [6.45, 7) is 2.75. The minimum Gasteiger partial charge on any atom is -0.498 e. The Balaban J connectivity index is 2.45. The Labute approximate surface area is 55.3 Å². The lowest BCUT2D eigenvalue weighted by atomic mass is 10.2. The van der Waals surface area contributed by atoms with Gasteiger partial charge < -0.3 is 4.74 Å². The Morgan fingerprint density at radius 2 is 2.67 bits per heavy atom. The first-order chi connectivity index (χ1) is 4.43. The highest BCUT2D eigenvalue weighted by molar-refractivity contribution is 5.15. The Hall–Kier alpha value is -0.940. The smallest absolute Gasteiger partial charge is 0.101 e. The van der Waals surface area contributed by atoms with E-state index < -0.39 is 0 Å². The fourth-order valence-electron chi connectivity index (χ4n) is 0.729. The molecule has 0 bridgehead atoms. The third kappa shape index (κ3) is 1.79. The highest BCUT2D eigenvalue weighted by Crippen LogP contribution is 2.06. The van der Waals surface area contributed by atoms with Crippen LogP contribution in [0, 0.1) is 0 Å². The summed E-state index contributed by atoms with van der Waals surface area (Å²) in [5.74, 6) is 1.04. The third-order valence-corrected chi connectivity index (χ3v) is 1.12. The molecule has 0 heterocycles. The summed E-state index contributed by atoms with van der Waals surface area (Å²) in [5, 5.41) is 0. The molecule has 0 atom stereocenters. The van der Waals surface area contributed by atoms with Crippen LogP contribution in [-0.2, 0) is 4.74 Å². The van der Waals surface area contributed by atoms with Crippen LogP contribution in [-0.4, -0.2) is 6.61 Å². The van der Waals surface area contributed by atoms with Crippen LogP contribution in [0.5, 0.6) is 0 Å². The maximum atomic E-state index is 5.24. The molecule has 0 fully saturated rings. The van der Waals surface area contributed by atoms with Crippen molar-refractivity contribution in [3.63, 3.8) is 0 Å². The molecule has 0 aromatic heterocycles. The molecule has 1 heteroatoms. The van der Waals surface area contributed by atoms with Gasteiger partial charge in [0.15, 0.2) is 0 Å². The molecule has 1 aliphatic carbocycles. The minimum atomic E-state index is 0.757. The zero-order chi connectivity index (χ0) is 6.53. The van der Waals surface area contributed by atoms with Gasteiger partial charge in [-0.2, -0.15) is 0 Å². The van der Waals surface area contributed by atoms with Crippen molar-refractivity contribution in [2.45, 2.75) is 13.3 Å². The zero-order valence-corrected chi connectivity index (χ0v) is 5.55. The van der Waals surface area contributed by atoms with Gasteiger partial charge in [-0.25, -0.2) is 0 Å². The lowest BCUT2D eigenvalue weighted by molar-refractivity contribution is 0.224. The summed E-state index contributed by atoms with van der Waals surface area (Å²) in [7, 11) is 0. The first-order valence-electron chi connectivity index (χ1n) is 3.16. The highest BCUT2D eigenvalue weighted by atomic mass is 16.5. The van der Waals surface area contributed by atoms with Crippen LogP contribution in [0.4, 0.5) is 0 Å². The molecule has 0 unspecified atom stereocenters. The second-order valence-corrected chi connectivity index (χ2v) is 1.81. The number of hydrogen-bond donors (Lipinski definition) is 0. The molecule has 48 valence electrons. The predicted molar refractivity (Wildman–Crippen MR) is 37.0 cm³/mol. The molecular formula is C8H10O. The molecule has 1 aliphatic rings. The fraction of sp³-hybridized carbons (Fsp3) is 0.375. The van der Waals surface area contributed by atoms with Crippen LogP contribution in [0.3, 0.4) is 0 Å². The normalized spacial score (nSPS) is 15.4. The molecule has 0 aromatic rings. The summed E-state index contributed by atoms with van der Waals surface area (Å²) in [6.07, 6.45) is 6.67. The monoisotopic (exact) mass is 122 g/mol. The largest absolute Gasteiger partial charge is 0.498 e. The van der Waals surface area contributed by atoms with Crippen LogP contribution in [0.15, 0.2) is 29.7 Å². The molecule has 0 amide bonds. The zero-order valence-electron chi connectivity index (χ0n) is 5.55. The van der Waals surface area contributed by atoms with Gasteiger partial charge in [0, 0.05) is 6.42 Å². The van der Waals surface area contributed by atoms with E-state index in [0.717, 1.165) is 18.8 Å². The highest BCUT2D eigenvalue weighted by Gasteiger charge is 1.93. The van der Waals surface area contributed by atoms with Crippen molar-refractivity contribution < 1.29 is 4.74 Å². The summed E-state index contributed by atoms with van der Waals surface area (Å²) < 4.78 is 5.24. The quantitative estimate of drug-likeness (QED) is 0.509. The topological polar surface area (TPSA) is 9.23 Å². The number of allylic oxidation sites excluding steroid dienone is 2. The molecule has 1 nitrogen and oxygen atoms in total. The van der Waals surface area contributed by atoms with E-state index in [0.29, 0.717) is 0 Å². The maximum Gasteiger partial charge on any atom is 0.101 e. The van der Waals surface area contributed by atoms with E-state index in [9.17, 15) is 0 Å². The van der Waals surface area contributed by atoms with Crippen LogP contribution < -0.4 is 0 Å². The molecule has 0 radical (unpaired) electrons. The first-order valence-corrected chi connectivity index (χ1v) is 3.16. The van der Waals surface area contributed by atoms with Crippen LogP contribution in [0.2, 0.25) is 0 Å². The van der Waals surface area contributed by atoms with Gasteiger partial charge in [0.2, 0.25) is 0 Å². The predicted octanol–water partition coefficient (Wildman–Crippen LogP) is 2.02. The van der Waals surface area contributed by atoms with Gasteiger partial charge in [-0.05, 0) is 25.2 Å². The average Bonchev–Trinajstić information content (AvgIpc) is 1.91. The van der Waals surface area contributed by atoms with Crippen molar-refractivity contribution >= 4 is 0 Å². The molecule has 0 aliphatic heterocycles. The van der Waals surface area contributed by atoms with Gasteiger partial charge in [0.05, 0.1) is 6.61 Å². The van der Waals surface area contributed by atoms with Gasteiger partial charge >= 0.3 is 0 Å². The van der Waals surface area contributed by atoms with Crippen LogP contribution in [0.1, 0.15) is 13.3 Å². The van der Waals surface area contributed by atoms with Crippen molar-refractivity contribution in [3.05, 3.63) is 29.7 Å². The van der Waals surface area contributed by atoms with Crippen molar-refractivity contribution in [3.8, 4) is 0 Å². The Bertz CT molecular complexity index is 171. The van der Waals surface area contributed by atoms with Crippen molar-refractivity contribution in [2.24, 2.45) is 0 Å². The summed E-state index contributed by atoms with van der Waals surface area (Å²) >= 11 is 0. The van der Waals surface area contributed by atoms with Gasteiger partial charge in [-0.1, -0.05) is 0 Å². The van der Waals surface area contributed by atoms with E-state index in [1.807, 2.05) is 25.2 Å². The molecule has 0 saturated heterocycles. The SMILES string of the molecule is CCOC1=CC=C=CC1. The average molecular weight is 122 g/mol. The van der Waals surface area contributed by atoms with E-state index in [1.54, 1.807) is 0 Å². The van der Waals surface area contributed by atoms with Crippen molar-refractivity contribution in [1.82, 2.24) is 0 Å². The molecule has 9 heavy (non-hydrogen) atoms. The van der Waals surface area contributed by atoms with Crippen LogP contribution >= 0.6 is 0 Å². The molecule has 0 aromatic carbocycles. The molecule has 0 spiro atoms. The Morgan fingerprint density at radius 1 is 1.78 bits per heavy atom. The molecule has 0 N–H and O–H groups in total. The molecule has 1 rings (SSSR count). The Kier molecular flexibility index (Phi) is 2.17. The number of hydrogen-bond acceptors (Lipinski definition) is 1. The lowest BCUT2D eigenvalue weighted by Gasteiger charge is -2.04. The first kappa shape index (κ1) is 6.18. The number of ether oxygens (including phenoxy) is 1. The molecule has 0 saturated carbocycles. The summed E-state index contributed by atoms with van der Waals surface area (Å²) in [6, 6.07) is 0. The van der Waals surface area contributed by atoms with Gasteiger partial charge in [-0.3, -0.25) is 0 Å². The van der Waals surface area contributed by atoms with E-state index >= 15 is 0 Å². The van der Waals surface area contributed by atoms with E-state index in [2.05, 4.69) is 5.73 Å². The van der Waals surface area contributed by atoms with E-state index in [1.165, 1.54) is 0 Å². The Morgan fingerprint density at radius 3 is 3.22 bits per heavy atom.